The molecule has 0 aliphatic carbocycles. The van der Waals surface area contributed by atoms with E-state index in [4.69, 9.17) is 0 Å². The summed E-state index contributed by atoms with van der Waals surface area (Å²) in [5.74, 6) is 0. The lowest BCUT2D eigenvalue weighted by Crippen LogP contribution is -1.76. The van der Waals surface area contributed by atoms with E-state index < -0.39 is 0 Å². The quantitative estimate of drug-likeness (QED) is 0.736. The minimum absolute atomic E-state index is 0.884. The Balaban J connectivity index is 1.68. The lowest BCUT2D eigenvalue weighted by Gasteiger charge is -1.95. The fourth-order valence-electron chi connectivity index (χ4n) is 1.57. The van der Waals surface area contributed by atoms with Gasteiger partial charge in [0.1, 0.15) is 0 Å². The van der Waals surface area contributed by atoms with Crippen LogP contribution in [0, 0.1) is 0 Å². The summed E-state index contributed by atoms with van der Waals surface area (Å²) < 4.78 is 7.64. The number of rotatable bonds is 4. The molecule has 0 fully saturated rings. The van der Waals surface area contributed by atoms with Crippen LogP contribution in [0.4, 0.5) is 0 Å². The molecule has 0 N–H and O–H groups in total. The second-order valence-corrected chi connectivity index (χ2v) is 5.21. The summed E-state index contributed by atoms with van der Waals surface area (Å²) in [4.78, 5) is 0. The molecule has 2 heterocycles. The molecule has 0 atom stereocenters. The van der Waals surface area contributed by atoms with Crippen molar-refractivity contribution < 1.29 is 0 Å². The first kappa shape index (κ1) is 12.8. The molecule has 0 amide bonds. The van der Waals surface area contributed by atoms with Crippen LogP contribution >= 0.6 is 23.1 Å². The monoisotopic (exact) mass is 298 g/mol. The lowest BCUT2D eigenvalue weighted by atomic mass is 10.1. The first-order chi connectivity index (χ1) is 9.90. The predicted octanol–water partition coefficient (Wildman–Crippen LogP) is 3.73. The van der Waals surface area contributed by atoms with E-state index in [2.05, 4.69) is 43.4 Å². The third-order valence-corrected chi connectivity index (χ3v) is 3.63. The van der Waals surface area contributed by atoms with Gasteiger partial charge in [-0.1, -0.05) is 45.4 Å². The van der Waals surface area contributed by atoms with E-state index in [-0.39, 0.29) is 0 Å². The Morgan fingerprint density at radius 1 is 0.650 bits per heavy atom. The van der Waals surface area contributed by atoms with E-state index in [9.17, 15) is 0 Å². The molecule has 3 rings (SSSR count). The Kier molecular flexibility index (Phi) is 4.05. The van der Waals surface area contributed by atoms with Crippen molar-refractivity contribution in [1.29, 1.82) is 0 Å². The van der Waals surface area contributed by atoms with Crippen LogP contribution in [-0.2, 0) is 0 Å². The molecule has 2 aromatic heterocycles. The van der Waals surface area contributed by atoms with E-state index in [0.717, 1.165) is 22.5 Å². The number of nitrogens with zero attached hydrogens (tertiary/aromatic N) is 4. The molecule has 20 heavy (non-hydrogen) atoms. The average Bonchev–Trinajstić information content (AvgIpc) is 3.17. The van der Waals surface area contributed by atoms with Crippen LogP contribution in [0.3, 0.4) is 0 Å². The average molecular weight is 298 g/mol. The molecule has 0 saturated heterocycles. The second-order valence-electron chi connectivity index (χ2n) is 3.99. The van der Waals surface area contributed by atoms with Crippen LogP contribution in [0.2, 0.25) is 0 Å². The third-order valence-electron chi connectivity index (χ3n) is 2.58. The summed E-state index contributed by atoms with van der Waals surface area (Å²) in [5, 5.41) is 11.8. The topological polar surface area (TPSA) is 51.6 Å². The predicted molar refractivity (Wildman–Crippen MR) is 84.1 cm³/mol. The first-order valence-electron chi connectivity index (χ1n) is 5.90. The Bertz CT molecular complexity index is 635. The van der Waals surface area contributed by atoms with Gasteiger partial charge in [0, 0.05) is 10.8 Å². The van der Waals surface area contributed by atoms with Gasteiger partial charge in [0.05, 0.1) is 11.4 Å². The zero-order valence-corrected chi connectivity index (χ0v) is 12.0. The van der Waals surface area contributed by atoms with E-state index in [1.54, 1.807) is 0 Å². The van der Waals surface area contributed by atoms with Gasteiger partial charge in [-0.25, -0.2) is 0 Å². The normalized spacial score (nSPS) is 11.6. The number of benzene rings is 1. The zero-order chi connectivity index (χ0) is 13.6. The van der Waals surface area contributed by atoms with Crippen LogP contribution in [-0.4, -0.2) is 19.2 Å². The second kappa shape index (κ2) is 6.31. The minimum Gasteiger partial charge on any atom is -0.139 e. The van der Waals surface area contributed by atoms with Crippen molar-refractivity contribution in [2.24, 2.45) is 0 Å². The Labute approximate surface area is 124 Å². The van der Waals surface area contributed by atoms with Crippen LogP contribution < -0.4 is 0 Å². The molecule has 0 aliphatic heterocycles. The van der Waals surface area contributed by atoms with Gasteiger partial charge in [0.25, 0.3) is 0 Å². The largest absolute Gasteiger partial charge is 0.139 e. The fraction of sp³-hybridized carbons (Fsp3) is 0. The lowest BCUT2D eigenvalue weighted by molar-refractivity contribution is 1.14. The van der Waals surface area contributed by atoms with Crippen LogP contribution in [0.25, 0.3) is 24.3 Å². The van der Waals surface area contributed by atoms with E-state index in [0.29, 0.717) is 0 Å². The highest BCUT2D eigenvalue weighted by molar-refractivity contribution is 7.03. The number of hydrogen-bond acceptors (Lipinski definition) is 6. The molecule has 0 saturated carbocycles. The summed E-state index contributed by atoms with van der Waals surface area (Å²) in [6.45, 7) is 0. The number of hydrogen-bond donors (Lipinski definition) is 0. The molecule has 0 bridgehead atoms. The molecule has 4 nitrogen and oxygen atoms in total. The molecule has 0 aliphatic rings. The highest BCUT2D eigenvalue weighted by atomic mass is 32.1. The van der Waals surface area contributed by atoms with Gasteiger partial charge in [-0.2, -0.15) is 0 Å². The van der Waals surface area contributed by atoms with Crippen LogP contribution in [0.15, 0.2) is 35.0 Å². The van der Waals surface area contributed by atoms with Crippen LogP contribution in [0.1, 0.15) is 22.5 Å². The van der Waals surface area contributed by atoms with Crippen LogP contribution in [0.5, 0.6) is 0 Å². The SMILES string of the molecule is C(=C/c1csnn1)/c1ccc(/C=C\c2csnn2)cc1. The van der Waals surface area contributed by atoms with E-state index >= 15 is 0 Å². The van der Waals surface area contributed by atoms with Gasteiger partial charge in [-0.3, -0.25) is 0 Å². The molecule has 0 unspecified atom stereocenters. The Hall–Kier alpha value is -2.18. The standard InChI is InChI=1S/C14H10N4S2/c1-2-12(6-8-14-10-20-18-16-14)4-3-11(1)5-7-13-9-19-17-15-13/h1-10H/b7-5-,8-6-. The molecule has 3 aromatic rings. The smallest absolute Gasteiger partial charge is 0.0982 e. The van der Waals surface area contributed by atoms with Gasteiger partial charge in [-0.05, 0) is 46.3 Å². The van der Waals surface area contributed by atoms with Crippen molar-refractivity contribution in [1.82, 2.24) is 19.2 Å². The van der Waals surface area contributed by atoms with E-state index in [1.165, 1.54) is 23.1 Å². The summed E-state index contributed by atoms with van der Waals surface area (Å²) in [6.07, 6.45) is 7.95. The Morgan fingerprint density at radius 2 is 1.10 bits per heavy atom. The minimum atomic E-state index is 0.884. The van der Waals surface area contributed by atoms with Gasteiger partial charge in [-0.15, -0.1) is 10.2 Å². The maximum absolute atomic E-state index is 3.97. The number of aromatic nitrogens is 4. The molecular formula is C14H10N4S2. The van der Waals surface area contributed by atoms with Crippen molar-refractivity contribution >= 4 is 47.4 Å². The van der Waals surface area contributed by atoms with Gasteiger partial charge in [0.15, 0.2) is 0 Å². The summed E-state index contributed by atoms with van der Waals surface area (Å²) in [7, 11) is 0. The molecule has 98 valence electrons. The first-order valence-corrected chi connectivity index (χ1v) is 7.58. The molecular weight excluding hydrogens is 288 g/mol. The maximum atomic E-state index is 3.97. The van der Waals surface area contributed by atoms with Crippen molar-refractivity contribution in [3.8, 4) is 0 Å². The van der Waals surface area contributed by atoms with Crippen molar-refractivity contribution in [2.45, 2.75) is 0 Å². The van der Waals surface area contributed by atoms with Crippen molar-refractivity contribution in [3.63, 3.8) is 0 Å². The van der Waals surface area contributed by atoms with Crippen molar-refractivity contribution in [2.75, 3.05) is 0 Å². The summed E-state index contributed by atoms with van der Waals surface area (Å²) in [6, 6.07) is 8.26. The highest BCUT2D eigenvalue weighted by Gasteiger charge is 1.92. The highest BCUT2D eigenvalue weighted by Crippen LogP contribution is 2.11. The van der Waals surface area contributed by atoms with Gasteiger partial charge >= 0.3 is 0 Å². The molecule has 0 radical (unpaired) electrons. The molecule has 6 heteroatoms. The van der Waals surface area contributed by atoms with Gasteiger partial charge < -0.3 is 0 Å². The molecule has 0 spiro atoms. The summed E-state index contributed by atoms with van der Waals surface area (Å²) >= 11 is 2.70. The van der Waals surface area contributed by atoms with Crippen molar-refractivity contribution in [3.05, 3.63) is 57.5 Å². The van der Waals surface area contributed by atoms with E-state index in [1.807, 2.05) is 35.1 Å². The van der Waals surface area contributed by atoms with Gasteiger partial charge in [0.2, 0.25) is 0 Å². The molecule has 1 aromatic carbocycles. The maximum Gasteiger partial charge on any atom is 0.0982 e. The third kappa shape index (κ3) is 3.43. The Morgan fingerprint density at radius 3 is 1.45 bits per heavy atom. The zero-order valence-electron chi connectivity index (χ0n) is 10.4. The fourth-order valence-corrected chi connectivity index (χ4v) is 2.41. The summed E-state index contributed by atoms with van der Waals surface area (Å²) in [5.41, 5.74) is 4.03.